The van der Waals surface area contributed by atoms with E-state index in [0.29, 0.717) is 6.42 Å². The van der Waals surface area contributed by atoms with Crippen LogP contribution in [0.1, 0.15) is 24.1 Å². The number of aromatic hydroxyl groups is 2. The summed E-state index contributed by atoms with van der Waals surface area (Å²) >= 11 is 0. The molecule has 1 unspecified atom stereocenters. The van der Waals surface area contributed by atoms with Crippen LogP contribution in [0.4, 0.5) is 0 Å². The minimum absolute atomic E-state index is 0.0792. The zero-order valence-electron chi connectivity index (χ0n) is 13.8. The maximum Gasteiger partial charge on any atom is 0.300 e. The van der Waals surface area contributed by atoms with E-state index in [1.807, 2.05) is 0 Å². The van der Waals surface area contributed by atoms with Crippen molar-refractivity contribution in [2.45, 2.75) is 19.4 Å². The third-order valence-corrected chi connectivity index (χ3v) is 3.19. The maximum absolute atomic E-state index is 11.6. The van der Waals surface area contributed by atoms with Crippen molar-refractivity contribution in [2.75, 3.05) is 6.54 Å². The molecule has 7 heteroatoms. The lowest BCUT2D eigenvalue weighted by molar-refractivity contribution is -0.134. The third kappa shape index (κ3) is 7.85. The first-order valence-corrected chi connectivity index (χ1v) is 7.57. The summed E-state index contributed by atoms with van der Waals surface area (Å²) in [5, 5.41) is 28.9. The number of phenols is 2. The van der Waals surface area contributed by atoms with Gasteiger partial charge in [0.15, 0.2) is 0 Å². The summed E-state index contributed by atoms with van der Waals surface area (Å²) < 4.78 is 0. The SMILES string of the molecule is CC(=O)O.NCC(=O)NC(Cc1ccc(O)cc1)c1ccc(O)cc1. The van der Waals surface area contributed by atoms with Crippen LogP contribution in [0.3, 0.4) is 0 Å². The second-order valence-corrected chi connectivity index (χ2v) is 5.31. The summed E-state index contributed by atoms with van der Waals surface area (Å²) in [6, 6.07) is 13.2. The van der Waals surface area contributed by atoms with Crippen molar-refractivity contribution in [2.24, 2.45) is 5.73 Å². The highest BCUT2D eigenvalue weighted by atomic mass is 16.4. The molecule has 0 aliphatic carbocycles. The van der Waals surface area contributed by atoms with Crippen LogP contribution in [0.5, 0.6) is 11.5 Å². The topological polar surface area (TPSA) is 133 Å². The molecule has 6 N–H and O–H groups in total. The molecule has 1 atom stereocenters. The molecule has 2 aromatic rings. The highest BCUT2D eigenvalue weighted by Gasteiger charge is 2.14. The molecule has 0 spiro atoms. The summed E-state index contributed by atoms with van der Waals surface area (Å²) in [6.45, 7) is 1.00. The molecule has 0 aliphatic rings. The average Bonchev–Trinajstić information content (AvgIpc) is 2.56. The number of benzene rings is 2. The van der Waals surface area contributed by atoms with Gasteiger partial charge in [-0.1, -0.05) is 24.3 Å². The summed E-state index contributed by atoms with van der Waals surface area (Å²) in [6.07, 6.45) is 0.566. The Morgan fingerprint density at radius 3 is 1.88 bits per heavy atom. The van der Waals surface area contributed by atoms with E-state index in [0.717, 1.165) is 18.1 Å². The number of amides is 1. The van der Waals surface area contributed by atoms with Crippen LogP contribution in [0, 0.1) is 0 Å². The van der Waals surface area contributed by atoms with E-state index in [-0.39, 0.29) is 30.0 Å². The molecular formula is C18H22N2O5. The molecule has 0 radical (unpaired) electrons. The number of aliphatic carboxylic acids is 1. The Balaban J connectivity index is 0.000000705. The second kappa shape index (κ2) is 9.94. The Morgan fingerprint density at radius 1 is 1.00 bits per heavy atom. The van der Waals surface area contributed by atoms with Gasteiger partial charge < -0.3 is 26.4 Å². The molecule has 7 nitrogen and oxygen atoms in total. The third-order valence-electron chi connectivity index (χ3n) is 3.19. The predicted octanol–water partition coefficient (Wildman–Crippen LogP) is 1.55. The Bertz CT molecular complexity index is 680. The lowest BCUT2D eigenvalue weighted by Crippen LogP contribution is -2.34. The van der Waals surface area contributed by atoms with Crippen molar-refractivity contribution in [3.05, 3.63) is 59.7 Å². The Kier molecular flexibility index (Phi) is 7.95. The Hall–Kier alpha value is -3.06. The van der Waals surface area contributed by atoms with E-state index in [1.54, 1.807) is 48.5 Å². The van der Waals surface area contributed by atoms with Crippen molar-refractivity contribution in [3.8, 4) is 11.5 Å². The van der Waals surface area contributed by atoms with Crippen molar-refractivity contribution in [1.29, 1.82) is 0 Å². The molecule has 0 saturated heterocycles. The average molecular weight is 346 g/mol. The number of carboxylic acids is 1. The summed E-state index contributed by atoms with van der Waals surface area (Å²) in [7, 11) is 0. The van der Waals surface area contributed by atoms with Crippen LogP contribution in [-0.4, -0.2) is 33.7 Å². The minimum Gasteiger partial charge on any atom is -0.508 e. The van der Waals surface area contributed by atoms with E-state index in [4.69, 9.17) is 15.6 Å². The first kappa shape index (κ1) is 20.0. The molecule has 0 bridgehead atoms. The molecule has 2 rings (SSSR count). The largest absolute Gasteiger partial charge is 0.508 e. The fraction of sp³-hybridized carbons (Fsp3) is 0.222. The van der Waals surface area contributed by atoms with Crippen molar-refractivity contribution >= 4 is 11.9 Å². The highest BCUT2D eigenvalue weighted by molar-refractivity contribution is 5.78. The quantitative estimate of drug-likeness (QED) is 0.558. The number of phenolic OH excluding ortho intramolecular Hbond substituents is 2. The van der Waals surface area contributed by atoms with Crippen LogP contribution in [0.15, 0.2) is 48.5 Å². The van der Waals surface area contributed by atoms with Crippen LogP contribution in [0.2, 0.25) is 0 Å². The number of carbonyl (C=O) groups is 2. The van der Waals surface area contributed by atoms with Crippen molar-refractivity contribution < 1.29 is 24.9 Å². The standard InChI is InChI=1S/C16H18N2O3.C2H4O2/c17-10-16(21)18-15(12-3-7-14(20)8-4-12)9-11-1-5-13(19)6-2-11;1-2(3)4/h1-8,15,19-20H,9-10,17H2,(H,18,21);1H3,(H,3,4). The maximum atomic E-state index is 11.6. The van der Waals surface area contributed by atoms with E-state index in [1.165, 1.54) is 0 Å². The van der Waals surface area contributed by atoms with E-state index < -0.39 is 5.97 Å². The number of carbonyl (C=O) groups excluding carboxylic acids is 1. The zero-order valence-corrected chi connectivity index (χ0v) is 13.8. The van der Waals surface area contributed by atoms with Gasteiger partial charge in [-0.25, -0.2) is 0 Å². The second-order valence-electron chi connectivity index (χ2n) is 5.31. The molecule has 0 aliphatic heterocycles. The lowest BCUT2D eigenvalue weighted by Gasteiger charge is -2.19. The molecule has 1 amide bonds. The van der Waals surface area contributed by atoms with Crippen molar-refractivity contribution in [1.82, 2.24) is 5.32 Å². The van der Waals surface area contributed by atoms with Gasteiger partial charge in [-0.05, 0) is 41.8 Å². The molecule has 0 fully saturated rings. The van der Waals surface area contributed by atoms with Crippen LogP contribution >= 0.6 is 0 Å². The van der Waals surface area contributed by atoms with Gasteiger partial charge in [0, 0.05) is 6.92 Å². The Labute approximate surface area is 145 Å². The van der Waals surface area contributed by atoms with Gasteiger partial charge in [-0.2, -0.15) is 0 Å². The number of carboxylic acid groups (broad SMARTS) is 1. The summed E-state index contributed by atoms with van der Waals surface area (Å²) in [4.78, 5) is 20.6. The molecular weight excluding hydrogens is 324 g/mol. The predicted molar refractivity (Wildman–Crippen MR) is 93.2 cm³/mol. The molecule has 2 aromatic carbocycles. The summed E-state index contributed by atoms with van der Waals surface area (Å²) in [5.41, 5.74) is 7.20. The fourth-order valence-corrected chi connectivity index (χ4v) is 2.08. The first-order valence-electron chi connectivity index (χ1n) is 7.57. The highest BCUT2D eigenvalue weighted by Crippen LogP contribution is 2.22. The number of nitrogens with one attached hydrogen (secondary N) is 1. The van der Waals surface area contributed by atoms with Gasteiger partial charge in [0.05, 0.1) is 12.6 Å². The van der Waals surface area contributed by atoms with Crippen LogP contribution in [0.25, 0.3) is 0 Å². The molecule has 0 heterocycles. The first-order chi connectivity index (χ1) is 11.8. The van der Waals surface area contributed by atoms with Gasteiger partial charge in [0.2, 0.25) is 5.91 Å². The molecule has 134 valence electrons. The van der Waals surface area contributed by atoms with Gasteiger partial charge in [-0.15, -0.1) is 0 Å². The molecule has 25 heavy (non-hydrogen) atoms. The van der Waals surface area contributed by atoms with E-state index >= 15 is 0 Å². The van der Waals surface area contributed by atoms with Gasteiger partial charge >= 0.3 is 0 Å². The van der Waals surface area contributed by atoms with Gasteiger partial charge in [-0.3, -0.25) is 9.59 Å². The number of hydrogen-bond acceptors (Lipinski definition) is 5. The zero-order chi connectivity index (χ0) is 18.8. The lowest BCUT2D eigenvalue weighted by atomic mass is 9.98. The van der Waals surface area contributed by atoms with E-state index in [2.05, 4.69) is 5.32 Å². The smallest absolute Gasteiger partial charge is 0.300 e. The van der Waals surface area contributed by atoms with Crippen LogP contribution < -0.4 is 11.1 Å². The number of nitrogens with two attached hydrogens (primary N) is 1. The number of hydrogen-bond donors (Lipinski definition) is 5. The van der Waals surface area contributed by atoms with Gasteiger partial charge in [0.1, 0.15) is 11.5 Å². The van der Waals surface area contributed by atoms with Crippen LogP contribution in [-0.2, 0) is 16.0 Å². The molecule has 0 aromatic heterocycles. The van der Waals surface area contributed by atoms with Crippen molar-refractivity contribution in [3.63, 3.8) is 0 Å². The van der Waals surface area contributed by atoms with E-state index in [9.17, 15) is 15.0 Å². The Morgan fingerprint density at radius 2 is 1.44 bits per heavy atom. The number of rotatable bonds is 5. The summed E-state index contributed by atoms with van der Waals surface area (Å²) in [5.74, 6) is -0.704. The normalized spacial score (nSPS) is 11.0. The molecule has 0 saturated carbocycles. The van der Waals surface area contributed by atoms with Gasteiger partial charge in [0.25, 0.3) is 5.97 Å². The minimum atomic E-state index is -0.833. The fourth-order valence-electron chi connectivity index (χ4n) is 2.08. The monoisotopic (exact) mass is 346 g/mol.